The first-order valence-electron chi connectivity index (χ1n) is 3.86. The minimum Gasteiger partial charge on any atom is -0.370 e. The average Bonchev–Trinajstić information content (AvgIpc) is 2.02. The molecule has 0 atom stereocenters. The van der Waals surface area contributed by atoms with Gasteiger partial charge in [-0.05, 0) is 12.8 Å². The molecule has 72 valence electrons. The summed E-state index contributed by atoms with van der Waals surface area (Å²) < 4.78 is 0. The lowest BCUT2D eigenvalue weighted by molar-refractivity contribution is -0.118. The van der Waals surface area contributed by atoms with E-state index in [0.717, 1.165) is 24.3 Å². The third-order valence-corrected chi connectivity index (χ3v) is 4.05. The number of carbonyl (C=O) groups is 1. The summed E-state index contributed by atoms with van der Waals surface area (Å²) >= 11 is 5.49. The molecule has 0 aliphatic rings. The molecule has 1 amide bonds. The molecule has 2 N–H and O–H groups in total. The number of hydrogen-bond acceptors (Lipinski definition) is 3. The van der Waals surface area contributed by atoms with E-state index in [0.29, 0.717) is 12.3 Å². The molecular weight excluding hydrogens is 214 g/mol. The molecule has 0 saturated heterocycles. The summed E-state index contributed by atoms with van der Waals surface area (Å²) in [4.78, 5) is 10.3. The van der Waals surface area contributed by atoms with Gasteiger partial charge >= 0.3 is 0 Å². The van der Waals surface area contributed by atoms with Gasteiger partial charge in [-0.2, -0.15) is 0 Å². The molecule has 0 saturated carbocycles. The Kier molecular flexibility index (Phi) is 9.91. The fourth-order valence-corrected chi connectivity index (χ4v) is 3.05. The quantitative estimate of drug-likeness (QED) is 0.393. The van der Waals surface area contributed by atoms with E-state index in [1.807, 2.05) is 10.8 Å². The Morgan fingerprint density at radius 2 is 1.92 bits per heavy atom. The van der Waals surface area contributed by atoms with Gasteiger partial charge in [-0.25, -0.2) is 0 Å². The number of rotatable bonds is 8. The zero-order valence-electron chi connectivity index (χ0n) is 6.92. The van der Waals surface area contributed by atoms with Crippen LogP contribution in [0.4, 0.5) is 0 Å². The van der Waals surface area contributed by atoms with E-state index in [-0.39, 0.29) is 5.91 Å². The highest BCUT2D eigenvalue weighted by Gasteiger charge is 1.94. The number of unbranched alkanes of at least 4 members (excludes halogenated alkanes) is 1. The van der Waals surface area contributed by atoms with Crippen molar-refractivity contribution < 1.29 is 4.79 Å². The zero-order chi connectivity index (χ0) is 9.23. The van der Waals surface area contributed by atoms with Gasteiger partial charge in [0.05, 0.1) is 0 Å². The Morgan fingerprint density at radius 1 is 1.25 bits per heavy atom. The summed E-state index contributed by atoms with van der Waals surface area (Å²) in [6.07, 6.45) is 2.48. The van der Waals surface area contributed by atoms with Crippen molar-refractivity contribution in [2.45, 2.75) is 19.3 Å². The lowest BCUT2D eigenvalue weighted by Gasteiger charge is -1.97. The molecular formula is C7H14ClNOS2. The Hall–Kier alpha value is 0.460. The van der Waals surface area contributed by atoms with E-state index < -0.39 is 0 Å². The maximum absolute atomic E-state index is 10.3. The summed E-state index contributed by atoms with van der Waals surface area (Å²) in [7, 11) is 3.59. The van der Waals surface area contributed by atoms with E-state index in [1.54, 1.807) is 10.8 Å². The van der Waals surface area contributed by atoms with Crippen LogP contribution in [0.5, 0.6) is 0 Å². The minimum atomic E-state index is -0.201. The second kappa shape index (κ2) is 9.55. The van der Waals surface area contributed by atoms with Crippen LogP contribution < -0.4 is 5.73 Å². The number of amides is 1. The van der Waals surface area contributed by atoms with Gasteiger partial charge in [-0.1, -0.05) is 21.6 Å². The van der Waals surface area contributed by atoms with Crippen LogP contribution in [0.2, 0.25) is 0 Å². The second-order valence-corrected chi connectivity index (χ2v) is 5.34. The van der Waals surface area contributed by atoms with Gasteiger partial charge in [0.2, 0.25) is 5.91 Å². The van der Waals surface area contributed by atoms with Gasteiger partial charge in [0.15, 0.2) is 0 Å². The molecule has 0 radical (unpaired) electrons. The number of alkyl halides is 1. The standard InChI is InChI=1S/C7H14ClNOS2/c8-4-6-12-11-5-2-1-3-7(9)10/h1-6H2,(H2,9,10). The van der Waals surface area contributed by atoms with Crippen molar-refractivity contribution in [3.05, 3.63) is 0 Å². The van der Waals surface area contributed by atoms with Crippen LogP contribution in [0.3, 0.4) is 0 Å². The average molecular weight is 228 g/mol. The molecule has 5 heteroatoms. The molecule has 0 aliphatic heterocycles. The number of halogens is 1. The molecule has 0 aliphatic carbocycles. The van der Waals surface area contributed by atoms with Crippen molar-refractivity contribution in [1.82, 2.24) is 0 Å². The van der Waals surface area contributed by atoms with Gasteiger partial charge in [0.25, 0.3) is 0 Å². The van der Waals surface area contributed by atoms with Crippen molar-refractivity contribution in [2.24, 2.45) is 5.73 Å². The van der Waals surface area contributed by atoms with Crippen molar-refractivity contribution in [3.63, 3.8) is 0 Å². The summed E-state index contributed by atoms with van der Waals surface area (Å²) in [5, 5.41) is 0. The fraction of sp³-hybridized carbons (Fsp3) is 0.857. The van der Waals surface area contributed by atoms with Gasteiger partial charge in [-0.3, -0.25) is 4.79 Å². The predicted molar refractivity (Wildman–Crippen MR) is 58.7 cm³/mol. The number of nitrogens with two attached hydrogens (primary N) is 1. The van der Waals surface area contributed by atoms with E-state index in [9.17, 15) is 4.79 Å². The molecule has 0 unspecified atom stereocenters. The van der Waals surface area contributed by atoms with Crippen LogP contribution in [0.1, 0.15) is 19.3 Å². The first-order chi connectivity index (χ1) is 5.77. The van der Waals surface area contributed by atoms with Crippen molar-refractivity contribution in [1.29, 1.82) is 0 Å². The summed E-state index contributed by atoms with van der Waals surface area (Å²) in [5.41, 5.74) is 4.99. The summed E-state index contributed by atoms with van der Waals surface area (Å²) in [6, 6.07) is 0. The Morgan fingerprint density at radius 3 is 2.50 bits per heavy atom. The Balaban J connectivity index is 2.86. The topological polar surface area (TPSA) is 43.1 Å². The van der Waals surface area contributed by atoms with Crippen LogP contribution in [-0.2, 0) is 4.79 Å². The zero-order valence-corrected chi connectivity index (χ0v) is 9.31. The number of hydrogen-bond donors (Lipinski definition) is 1. The smallest absolute Gasteiger partial charge is 0.217 e. The Bertz CT molecular complexity index is 124. The van der Waals surface area contributed by atoms with Gasteiger partial charge in [-0.15, -0.1) is 11.6 Å². The molecule has 12 heavy (non-hydrogen) atoms. The second-order valence-electron chi connectivity index (χ2n) is 2.26. The van der Waals surface area contributed by atoms with Crippen LogP contribution in [0, 0.1) is 0 Å². The van der Waals surface area contributed by atoms with E-state index in [4.69, 9.17) is 17.3 Å². The van der Waals surface area contributed by atoms with Gasteiger partial charge in [0, 0.05) is 23.8 Å². The highest BCUT2D eigenvalue weighted by atomic mass is 35.5. The number of primary amides is 1. The monoisotopic (exact) mass is 227 g/mol. The highest BCUT2D eigenvalue weighted by Crippen LogP contribution is 2.22. The molecule has 0 aromatic carbocycles. The maximum atomic E-state index is 10.3. The molecule has 0 rings (SSSR count). The molecule has 0 aromatic rings. The molecule has 0 aromatic heterocycles. The van der Waals surface area contributed by atoms with Crippen molar-refractivity contribution >= 4 is 39.1 Å². The lowest BCUT2D eigenvalue weighted by atomic mass is 10.2. The van der Waals surface area contributed by atoms with E-state index >= 15 is 0 Å². The third-order valence-electron chi connectivity index (χ3n) is 1.14. The SMILES string of the molecule is NC(=O)CCCCSSCCCl. The first kappa shape index (κ1) is 12.5. The third kappa shape index (κ3) is 10.5. The summed E-state index contributed by atoms with van der Waals surface area (Å²) in [5.74, 6) is 2.57. The molecule has 0 bridgehead atoms. The Labute approximate surface area is 86.4 Å². The van der Waals surface area contributed by atoms with Crippen LogP contribution >= 0.6 is 33.2 Å². The van der Waals surface area contributed by atoms with Crippen LogP contribution in [-0.4, -0.2) is 23.3 Å². The first-order valence-corrected chi connectivity index (χ1v) is 6.88. The predicted octanol–water partition coefficient (Wildman–Crippen LogP) is 2.26. The lowest BCUT2D eigenvalue weighted by Crippen LogP contribution is -2.09. The normalized spacial score (nSPS) is 10.1. The van der Waals surface area contributed by atoms with E-state index in [1.165, 1.54) is 0 Å². The van der Waals surface area contributed by atoms with Crippen LogP contribution in [0.15, 0.2) is 0 Å². The summed E-state index contributed by atoms with van der Waals surface area (Å²) in [6.45, 7) is 0. The number of carbonyl (C=O) groups excluding carboxylic acids is 1. The largest absolute Gasteiger partial charge is 0.370 e. The highest BCUT2D eigenvalue weighted by molar-refractivity contribution is 8.76. The van der Waals surface area contributed by atoms with Crippen LogP contribution in [0.25, 0.3) is 0 Å². The van der Waals surface area contributed by atoms with Gasteiger partial charge in [0.1, 0.15) is 0 Å². The van der Waals surface area contributed by atoms with E-state index in [2.05, 4.69) is 0 Å². The van der Waals surface area contributed by atoms with Gasteiger partial charge < -0.3 is 5.73 Å². The molecule has 2 nitrogen and oxygen atoms in total. The molecule has 0 spiro atoms. The fourth-order valence-electron chi connectivity index (χ4n) is 0.610. The van der Waals surface area contributed by atoms with Crippen molar-refractivity contribution in [3.8, 4) is 0 Å². The molecule has 0 fully saturated rings. The minimum absolute atomic E-state index is 0.201. The van der Waals surface area contributed by atoms with Crippen molar-refractivity contribution in [2.75, 3.05) is 17.4 Å². The molecule has 0 heterocycles. The maximum Gasteiger partial charge on any atom is 0.217 e.